The Hall–Kier alpha value is -2.12. The number of hydrogen-bond donors (Lipinski definition) is 3. The lowest BCUT2D eigenvalue weighted by atomic mass is 10.4. The number of carbonyl (C=O) groups is 1. The molecule has 0 atom stereocenters. The van der Waals surface area contributed by atoms with Crippen molar-refractivity contribution in [3.63, 3.8) is 0 Å². The van der Waals surface area contributed by atoms with Gasteiger partial charge in [0.25, 0.3) is 0 Å². The predicted molar refractivity (Wildman–Crippen MR) is 72.1 cm³/mol. The third-order valence-electron chi connectivity index (χ3n) is 1.95. The average Bonchev–Trinajstić information content (AvgIpc) is 2.27. The summed E-state index contributed by atoms with van der Waals surface area (Å²) in [5.74, 6) is 0.393. The van der Waals surface area contributed by atoms with Gasteiger partial charge in [-0.1, -0.05) is 0 Å². The first-order chi connectivity index (χ1) is 9.01. The summed E-state index contributed by atoms with van der Waals surface area (Å²) in [6, 6.07) is 0.238. The van der Waals surface area contributed by atoms with Crippen LogP contribution < -0.4 is 21.1 Å². The molecule has 8 nitrogen and oxygen atoms in total. The Morgan fingerprint density at radius 1 is 1.26 bits per heavy atom. The minimum atomic E-state index is -0.382. The first kappa shape index (κ1) is 14.9. The molecule has 0 spiro atoms. The van der Waals surface area contributed by atoms with Crippen molar-refractivity contribution in [2.75, 3.05) is 23.7 Å². The highest BCUT2D eigenvalue weighted by Gasteiger charge is 2.08. The normalized spacial score (nSPS) is 10.3. The monoisotopic (exact) mass is 268 g/mol. The zero-order chi connectivity index (χ0) is 14.3. The summed E-state index contributed by atoms with van der Waals surface area (Å²) < 4.78 is 5.44. The van der Waals surface area contributed by atoms with E-state index in [1.54, 1.807) is 0 Å². The molecule has 0 saturated carbocycles. The SMILES string of the molecule is CCNc1nc(NCCC(N)=O)nc(OC(C)C)n1. The van der Waals surface area contributed by atoms with Crippen LogP contribution in [0.5, 0.6) is 6.01 Å². The first-order valence-electron chi connectivity index (χ1n) is 6.20. The highest BCUT2D eigenvalue weighted by Crippen LogP contribution is 2.12. The summed E-state index contributed by atoms with van der Waals surface area (Å²) in [4.78, 5) is 23.0. The van der Waals surface area contributed by atoms with E-state index < -0.39 is 0 Å². The fourth-order valence-corrected chi connectivity index (χ4v) is 1.23. The minimum absolute atomic E-state index is 0.0321. The molecule has 8 heteroatoms. The molecule has 1 heterocycles. The lowest BCUT2D eigenvalue weighted by molar-refractivity contribution is -0.117. The number of nitrogens with one attached hydrogen (secondary N) is 2. The summed E-state index contributed by atoms with van der Waals surface area (Å²) in [5.41, 5.74) is 5.06. The van der Waals surface area contributed by atoms with Crippen LogP contribution in [0.4, 0.5) is 11.9 Å². The smallest absolute Gasteiger partial charge is 0.323 e. The van der Waals surface area contributed by atoms with E-state index in [-0.39, 0.29) is 24.4 Å². The van der Waals surface area contributed by atoms with Crippen molar-refractivity contribution >= 4 is 17.8 Å². The second kappa shape index (κ2) is 7.34. The number of primary amides is 1. The van der Waals surface area contributed by atoms with Gasteiger partial charge < -0.3 is 21.1 Å². The van der Waals surface area contributed by atoms with E-state index >= 15 is 0 Å². The van der Waals surface area contributed by atoms with Crippen LogP contribution in [-0.2, 0) is 4.79 Å². The van der Waals surface area contributed by atoms with Crippen molar-refractivity contribution in [1.29, 1.82) is 0 Å². The zero-order valence-corrected chi connectivity index (χ0v) is 11.4. The van der Waals surface area contributed by atoms with E-state index in [2.05, 4.69) is 25.6 Å². The lowest BCUT2D eigenvalue weighted by Gasteiger charge is -2.11. The maximum Gasteiger partial charge on any atom is 0.323 e. The minimum Gasteiger partial charge on any atom is -0.461 e. The summed E-state index contributed by atoms with van der Waals surface area (Å²) in [7, 11) is 0. The molecule has 1 rings (SSSR count). The summed E-state index contributed by atoms with van der Waals surface area (Å²) in [5, 5.41) is 5.89. The summed E-state index contributed by atoms with van der Waals surface area (Å²) >= 11 is 0. The number of nitrogens with zero attached hydrogens (tertiary/aromatic N) is 3. The Bertz CT molecular complexity index is 424. The van der Waals surface area contributed by atoms with Crippen molar-refractivity contribution in [2.45, 2.75) is 33.3 Å². The number of amides is 1. The van der Waals surface area contributed by atoms with E-state index in [1.165, 1.54) is 0 Å². The molecule has 0 fully saturated rings. The van der Waals surface area contributed by atoms with Crippen LogP contribution in [0.15, 0.2) is 0 Å². The van der Waals surface area contributed by atoms with E-state index in [4.69, 9.17) is 10.5 Å². The third kappa shape index (κ3) is 5.84. The van der Waals surface area contributed by atoms with Crippen LogP contribution in [0.3, 0.4) is 0 Å². The van der Waals surface area contributed by atoms with Gasteiger partial charge in [-0.05, 0) is 20.8 Å². The Labute approximate surface area is 112 Å². The van der Waals surface area contributed by atoms with Gasteiger partial charge in [-0.2, -0.15) is 15.0 Å². The van der Waals surface area contributed by atoms with Crippen LogP contribution in [0.1, 0.15) is 27.2 Å². The fourth-order valence-electron chi connectivity index (χ4n) is 1.23. The molecule has 0 aliphatic heterocycles. The molecule has 0 unspecified atom stereocenters. The highest BCUT2D eigenvalue weighted by atomic mass is 16.5. The molecule has 1 aromatic rings. The maximum absolute atomic E-state index is 10.7. The van der Waals surface area contributed by atoms with Gasteiger partial charge in [-0.15, -0.1) is 0 Å². The zero-order valence-electron chi connectivity index (χ0n) is 11.4. The summed E-state index contributed by atoms with van der Waals surface area (Å²) in [6.45, 7) is 6.76. The molecule has 4 N–H and O–H groups in total. The largest absolute Gasteiger partial charge is 0.461 e. The Morgan fingerprint density at radius 3 is 2.42 bits per heavy atom. The van der Waals surface area contributed by atoms with Crippen LogP contribution in [-0.4, -0.2) is 40.1 Å². The van der Waals surface area contributed by atoms with Crippen molar-refractivity contribution in [2.24, 2.45) is 5.73 Å². The van der Waals surface area contributed by atoms with E-state index in [9.17, 15) is 4.79 Å². The van der Waals surface area contributed by atoms with Gasteiger partial charge in [0.1, 0.15) is 0 Å². The molecule has 19 heavy (non-hydrogen) atoms. The Morgan fingerprint density at radius 2 is 1.89 bits per heavy atom. The second-order valence-electron chi connectivity index (χ2n) is 4.11. The third-order valence-corrected chi connectivity index (χ3v) is 1.95. The van der Waals surface area contributed by atoms with Gasteiger partial charge in [0.05, 0.1) is 6.10 Å². The molecule has 1 amide bonds. The molecular weight excluding hydrogens is 248 g/mol. The number of anilines is 2. The van der Waals surface area contributed by atoms with E-state index in [0.29, 0.717) is 25.0 Å². The van der Waals surface area contributed by atoms with Crippen molar-refractivity contribution in [3.05, 3.63) is 0 Å². The van der Waals surface area contributed by atoms with Crippen molar-refractivity contribution in [1.82, 2.24) is 15.0 Å². The number of ether oxygens (including phenoxy) is 1. The molecule has 0 aliphatic carbocycles. The van der Waals surface area contributed by atoms with Crippen LogP contribution in [0.25, 0.3) is 0 Å². The molecule has 0 aromatic carbocycles. The molecule has 0 aliphatic rings. The van der Waals surface area contributed by atoms with Crippen molar-refractivity contribution in [3.8, 4) is 6.01 Å². The van der Waals surface area contributed by atoms with Gasteiger partial charge >= 0.3 is 6.01 Å². The molecule has 1 aromatic heterocycles. The quantitative estimate of drug-likeness (QED) is 0.624. The standard InChI is InChI=1S/C11H20N6O2/c1-4-13-9-15-10(14-6-5-8(12)18)17-11(16-9)19-7(2)3/h7H,4-6H2,1-3H3,(H2,12,18)(H2,13,14,15,16,17). The highest BCUT2D eigenvalue weighted by molar-refractivity contribution is 5.74. The Balaban J connectivity index is 2.76. The van der Waals surface area contributed by atoms with E-state index in [0.717, 1.165) is 0 Å². The first-order valence-corrected chi connectivity index (χ1v) is 6.20. The average molecular weight is 268 g/mol. The van der Waals surface area contributed by atoms with Crippen LogP contribution >= 0.6 is 0 Å². The topological polar surface area (TPSA) is 115 Å². The van der Waals surface area contributed by atoms with Gasteiger partial charge in [-0.3, -0.25) is 4.79 Å². The van der Waals surface area contributed by atoms with Crippen LogP contribution in [0.2, 0.25) is 0 Å². The van der Waals surface area contributed by atoms with Crippen LogP contribution in [0, 0.1) is 0 Å². The maximum atomic E-state index is 10.7. The van der Waals surface area contributed by atoms with E-state index in [1.807, 2.05) is 20.8 Å². The molecular formula is C11H20N6O2. The second-order valence-corrected chi connectivity index (χ2v) is 4.11. The Kier molecular flexibility index (Phi) is 5.77. The number of aromatic nitrogens is 3. The molecule has 0 radical (unpaired) electrons. The number of carbonyl (C=O) groups excluding carboxylic acids is 1. The van der Waals surface area contributed by atoms with Gasteiger partial charge in [-0.25, -0.2) is 0 Å². The number of rotatable bonds is 8. The van der Waals surface area contributed by atoms with Gasteiger partial charge in [0, 0.05) is 19.5 Å². The molecule has 106 valence electrons. The summed E-state index contributed by atoms with van der Waals surface area (Å²) in [6.07, 6.45) is 0.179. The lowest BCUT2D eigenvalue weighted by Crippen LogP contribution is -2.18. The molecule has 0 saturated heterocycles. The van der Waals surface area contributed by atoms with Gasteiger partial charge in [0.2, 0.25) is 17.8 Å². The predicted octanol–water partition coefficient (Wildman–Crippen LogP) is 0.378. The van der Waals surface area contributed by atoms with Gasteiger partial charge in [0.15, 0.2) is 0 Å². The number of hydrogen-bond acceptors (Lipinski definition) is 7. The molecule has 0 bridgehead atoms. The fraction of sp³-hybridized carbons (Fsp3) is 0.636. The number of nitrogens with two attached hydrogens (primary N) is 1. The van der Waals surface area contributed by atoms with Crippen molar-refractivity contribution < 1.29 is 9.53 Å².